The highest BCUT2D eigenvalue weighted by Crippen LogP contribution is 2.24. The van der Waals surface area contributed by atoms with Crippen LogP contribution in [-0.4, -0.2) is 32.2 Å². The predicted octanol–water partition coefficient (Wildman–Crippen LogP) is 3.53. The molecule has 3 aromatic rings. The van der Waals surface area contributed by atoms with Crippen molar-refractivity contribution in [3.63, 3.8) is 0 Å². The Morgan fingerprint density at radius 1 is 1.03 bits per heavy atom. The van der Waals surface area contributed by atoms with Gasteiger partial charge in [0.25, 0.3) is 0 Å². The van der Waals surface area contributed by atoms with Gasteiger partial charge in [-0.05, 0) is 31.2 Å². The third-order valence-electron chi connectivity index (χ3n) is 4.45. The largest absolute Gasteiger partial charge is 0.497 e. The number of aryl methyl sites for hydroxylation is 1. The Morgan fingerprint density at radius 3 is 2.48 bits per heavy atom. The van der Waals surface area contributed by atoms with Crippen LogP contribution in [0.15, 0.2) is 58.1 Å². The fraction of sp³-hybridized carbons (Fsp3) is 0.273. The number of aromatic nitrogens is 1. The SMILES string of the molecule is CN=C(NCc1coc(-c2ccc(C)cc2)n1)NCc1ccc(OC)cc1OC. The van der Waals surface area contributed by atoms with Gasteiger partial charge >= 0.3 is 0 Å². The summed E-state index contributed by atoms with van der Waals surface area (Å²) < 4.78 is 16.3. The van der Waals surface area contributed by atoms with Crippen molar-refractivity contribution >= 4 is 5.96 Å². The Labute approximate surface area is 170 Å². The average Bonchev–Trinajstić information content (AvgIpc) is 3.23. The number of guanidine groups is 1. The van der Waals surface area contributed by atoms with Crippen LogP contribution in [0.2, 0.25) is 0 Å². The summed E-state index contributed by atoms with van der Waals surface area (Å²) in [6.45, 7) is 3.10. The molecule has 152 valence electrons. The first kappa shape index (κ1) is 20.3. The standard InChI is InChI=1S/C22H26N4O3/c1-15-5-7-16(8-6-15)21-26-18(14-29-21)13-25-22(23-2)24-12-17-9-10-19(27-3)11-20(17)28-4/h5-11,14H,12-13H2,1-4H3,(H2,23,24,25). The minimum absolute atomic E-state index is 0.495. The van der Waals surface area contributed by atoms with Crippen molar-refractivity contribution in [3.8, 4) is 23.0 Å². The molecule has 0 radical (unpaired) electrons. The zero-order valence-electron chi connectivity index (χ0n) is 17.2. The summed E-state index contributed by atoms with van der Waals surface area (Å²) in [6.07, 6.45) is 1.65. The van der Waals surface area contributed by atoms with Crippen molar-refractivity contribution in [3.05, 3.63) is 65.5 Å². The van der Waals surface area contributed by atoms with E-state index in [4.69, 9.17) is 13.9 Å². The van der Waals surface area contributed by atoms with Crippen molar-refractivity contribution in [1.82, 2.24) is 15.6 Å². The quantitative estimate of drug-likeness (QED) is 0.471. The van der Waals surface area contributed by atoms with Crippen molar-refractivity contribution in [1.29, 1.82) is 0 Å². The third-order valence-corrected chi connectivity index (χ3v) is 4.45. The summed E-state index contributed by atoms with van der Waals surface area (Å²) >= 11 is 0. The smallest absolute Gasteiger partial charge is 0.226 e. The van der Waals surface area contributed by atoms with Crippen LogP contribution in [0.3, 0.4) is 0 Å². The van der Waals surface area contributed by atoms with Crippen LogP contribution in [0.5, 0.6) is 11.5 Å². The van der Waals surface area contributed by atoms with E-state index < -0.39 is 0 Å². The first-order valence-corrected chi connectivity index (χ1v) is 9.29. The van der Waals surface area contributed by atoms with Crippen LogP contribution in [0.25, 0.3) is 11.5 Å². The van der Waals surface area contributed by atoms with E-state index in [0.29, 0.717) is 24.9 Å². The molecule has 29 heavy (non-hydrogen) atoms. The topological polar surface area (TPSA) is 80.9 Å². The van der Waals surface area contributed by atoms with E-state index in [9.17, 15) is 0 Å². The molecule has 7 nitrogen and oxygen atoms in total. The lowest BCUT2D eigenvalue weighted by Gasteiger charge is -2.14. The molecule has 0 amide bonds. The average molecular weight is 394 g/mol. The van der Waals surface area contributed by atoms with Crippen molar-refractivity contribution in [2.75, 3.05) is 21.3 Å². The van der Waals surface area contributed by atoms with Crippen LogP contribution in [0, 0.1) is 6.92 Å². The molecule has 0 aliphatic heterocycles. The van der Waals surface area contributed by atoms with Gasteiger partial charge in [0, 0.05) is 30.8 Å². The van der Waals surface area contributed by atoms with Gasteiger partial charge in [0.2, 0.25) is 5.89 Å². The third kappa shape index (κ3) is 5.28. The van der Waals surface area contributed by atoms with Crippen LogP contribution < -0.4 is 20.1 Å². The Bertz CT molecular complexity index is 964. The number of aliphatic imine (C=N–C) groups is 1. The van der Waals surface area contributed by atoms with Gasteiger partial charge in [-0.2, -0.15) is 0 Å². The molecule has 1 heterocycles. The molecule has 2 aromatic carbocycles. The molecule has 0 unspecified atom stereocenters. The van der Waals surface area contributed by atoms with Gasteiger partial charge in [0.05, 0.1) is 26.5 Å². The normalized spacial score (nSPS) is 11.2. The summed E-state index contributed by atoms with van der Waals surface area (Å²) in [5, 5.41) is 6.51. The molecule has 0 bridgehead atoms. The highest BCUT2D eigenvalue weighted by molar-refractivity contribution is 5.79. The molecular formula is C22H26N4O3. The number of benzene rings is 2. The van der Waals surface area contributed by atoms with Crippen LogP contribution in [0.1, 0.15) is 16.8 Å². The van der Waals surface area contributed by atoms with Gasteiger partial charge in [0.15, 0.2) is 5.96 Å². The Hall–Kier alpha value is -3.48. The molecule has 7 heteroatoms. The highest BCUT2D eigenvalue weighted by atomic mass is 16.5. The number of oxazole rings is 1. The van der Waals surface area contributed by atoms with Gasteiger partial charge in [-0.25, -0.2) is 4.98 Å². The van der Waals surface area contributed by atoms with Crippen molar-refractivity contribution in [2.24, 2.45) is 4.99 Å². The summed E-state index contributed by atoms with van der Waals surface area (Å²) in [7, 11) is 5.00. The van der Waals surface area contributed by atoms with Crippen LogP contribution >= 0.6 is 0 Å². The fourth-order valence-corrected chi connectivity index (χ4v) is 2.79. The van der Waals surface area contributed by atoms with E-state index >= 15 is 0 Å². The molecule has 0 spiro atoms. The molecule has 0 saturated carbocycles. The number of nitrogens with zero attached hydrogens (tertiary/aromatic N) is 2. The fourth-order valence-electron chi connectivity index (χ4n) is 2.79. The molecule has 0 fully saturated rings. The molecule has 2 N–H and O–H groups in total. The minimum Gasteiger partial charge on any atom is -0.497 e. The molecule has 0 saturated heterocycles. The maximum absolute atomic E-state index is 5.60. The van der Waals surface area contributed by atoms with E-state index in [-0.39, 0.29) is 0 Å². The van der Waals surface area contributed by atoms with E-state index in [1.807, 2.05) is 42.5 Å². The van der Waals surface area contributed by atoms with E-state index in [2.05, 4.69) is 27.5 Å². The van der Waals surface area contributed by atoms with Crippen LogP contribution in [-0.2, 0) is 13.1 Å². The van der Waals surface area contributed by atoms with E-state index in [0.717, 1.165) is 28.3 Å². The lowest BCUT2D eigenvalue weighted by atomic mass is 10.1. The highest BCUT2D eigenvalue weighted by Gasteiger charge is 2.09. The first-order chi connectivity index (χ1) is 14.1. The molecule has 0 aliphatic rings. The monoisotopic (exact) mass is 394 g/mol. The number of rotatable bonds is 7. The second kappa shape index (κ2) is 9.64. The molecule has 0 atom stereocenters. The van der Waals surface area contributed by atoms with Crippen LogP contribution in [0.4, 0.5) is 0 Å². The molecular weight excluding hydrogens is 368 g/mol. The number of ether oxygens (including phenoxy) is 2. The zero-order valence-corrected chi connectivity index (χ0v) is 17.2. The van der Waals surface area contributed by atoms with E-state index in [1.165, 1.54) is 5.56 Å². The number of hydrogen-bond donors (Lipinski definition) is 2. The second-order valence-electron chi connectivity index (χ2n) is 6.47. The molecule has 1 aromatic heterocycles. The van der Waals surface area contributed by atoms with Gasteiger partial charge in [-0.1, -0.05) is 17.7 Å². The minimum atomic E-state index is 0.495. The number of hydrogen-bond acceptors (Lipinski definition) is 5. The van der Waals surface area contributed by atoms with Crippen molar-refractivity contribution in [2.45, 2.75) is 20.0 Å². The Balaban J connectivity index is 1.57. The zero-order chi connectivity index (χ0) is 20.6. The van der Waals surface area contributed by atoms with Gasteiger partial charge in [0.1, 0.15) is 17.8 Å². The second-order valence-corrected chi connectivity index (χ2v) is 6.47. The van der Waals surface area contributed by atoms with Gasteiger partial charge in [-0.15, -0.1) is 0 Å². The maximum Gasteiger partial charge on any atom is 0.226 e. The van der Waals surface area contributed by atoms with Crippen molar-refractivity contribution < 1.29 is 13.9 Å². The summed E-state index contributed by atoms with van der Waals surface area (Å²) in [4.78, 5) is 8.79. The Kier molecular flexibility index (Phi) is 6.73. The lowest BCUT2D eigenvalue weighted by Crippen LogP contribution is -2.36. The van der Waals surface area contributed by atoms with E-state index in [1.54, 1.807) is 27.5 Å². The predicted molar refractivity (Wildman–Crippen MR) is 113 cm³/mol. The number of nitrogens with one attached hydrogen (secondary N) is 2. The lowest BCUT2D eigenvalue weighted by molar-refractivity contribution is 0.390. The Morgan fingerprint density at radius 2 is 1.79 bits per heavy atom. The molecule has 3 rings (SSSR count). The summed E-state index contributed by atoms with van der Waals surface area (Å²) in [5.74, 6) is 2.77. The first-order valence-electron chi connectivity index (χ1n) is 9.29. The number of methoxy groups -OCH3 is 2. The van der Waals surface area contributed by atoms with Gasteiger partial charge in [-0.3, -0.25) is 4.99 Å². The van der Waals surface area contributed by atoms with Gasteiger partial charge < -0.3 is 24.5 Å². The summed E-state index contributed by atoms with van der Waals surface area (Å²) in [5.41, 5.74) is 3.95. The molecule has 0 aliphatic carbocycles. The maximum atomic E-state index is 5.60. The summed E-state index contributed by atoms with van der Waals surface area (Å²) in [6, 6.07) is 13.8.